The zero-order valence-electron chi connectivity index (χ0n) is 3.74. The van der Waals surface area contributed by atoms with Gasteiger partial charge in [-0.2, -0.15) is 0 Å². The minimum atomic E-state index is -0.211. The fourth-order valence-corrected chi connectivity index (χ4v) is 0.162. The van der Waals surface area contributed by atoms with E-state index in [1.165, 1.54) is 13.0 Å². The van der Waals surface area contributed by atoms with Crippen LogP contribution in [0.4, 0.5) is 4.39 Å². The maximum Gasteiger partial charge on any atom is 0.0941 e. The molecule has 0 aromatic heterocycles. The maximum absolute atomic E-state index is 11.5. The van der Waals surface area contributed by atoms with Crippen LogP contribution in [0.2, 0.25) is 0 Å². The number of rotatable bonds is 1. The monoisotopic (exact) mass is 89.1 g/mol. The Morgan fingerprint density at radius 3 is 2.50 bits per heavy atom. The summed E-state index contributed by atoms with van der Waals surface area (Å²) in [4.78, 5) is 0. The van der Waals surface area contributed by atoms with Gasteiger partial charge >= 0.3 is 0 Å². The van der Waals surface area contributed by atoms with Crippen LogP contribution in [0.3, 0.4) is 0 Å². The second-order valence-corrected chi connectivity index (χ2v) is 1.03. The van der Waals surface area contributed by atoms with Crippen LogP contribution in [0.25, 0.3) is 0 Å². The zero-order valence-corrected chi connectivity index (χ0v) is 3.74. The van der Waals surface area contributed by atoms with Gasteiger partial charge in [0.15, 0.2) is 0 Å². The molecule has 0 bridgehead atoms. The van der Waals surface area contributed by atoms with Crippen molar-refractivity contribution in [2.45, 2.75) is 6.92 Å². The van der Waals surface area contributed by atoms with E-state index in [2.05, 4.69) is 0 Å². The molecule has 0 aromatic rings. The van der Waals surface area contributed by atoms with E-state index in [0.717, 1.165) is 0 Å². The number of nitrogens with two attached hydrogens (primary N) is 1. The lowest BCUT2D eigenvalue weighted by Gasteiger charge is -1.76. The lowest BCUT2D eigenvalue weighted by Crippen LogP contribution is -1.92. The molecule has 0 aliphatic rings. The highest BCUT2D eigenvalue weighted by atomic mass is 19.1. The Balaban J connectivity index is 3.14. The summed E-state index contributed by atoms with van der Waals surface area (Å²) in [6.45, 7) is 1.66. The second kappa shape index (κ2) is 2.85. The molecule has 0 fully saturated rings. The third kappa shape index (κ3) is 3.63. The summed E-state index contributed by atoms with van der Waals surface area (Å²) in [5, 5.41) is 0. The molecule has 6 heavy (non-hydrogen) atoms. The third-order valence-electron chi connectivity index (χ3n) is 0.399. The number of hydrogen-bond donors (Lipinski definition) is 1. The van der Waals surface area contributed by atoms with E-state index >= 15 is 0 Å². The van der Waals surface area contributed by atoms with E-state index in [1.54, 1.807) is 0 Å². The molecule has 0 radical (unpaired) electrons. The molecule has 1 nitrogen and oxygen atoms in total. The summed E-state index contributed by atoms with van der Waals surface area (Å²) in [7, 11) is 0. The largest absolute Gasteiger partial charge is 0.327 e. The highest BCUT2D eigenvalue weighted by Gasteiger charge is 1.72. The van der Waals surface area contributed by atoms with Crippen LogP contribution in [0, 0.1) is 0 Å². The highest BCUT2D eigenvalue weighted by molar-refractivity contribution is 4.86. The van der Waals surface area contributed by atoms with Crippen molar-refractivity contribution in [3.8, 4) is 0 Å². The van der Waals surface area contributed by atoms with Gasteiger partial charge in [-0.1, -0.05) is 0 Å². The third-order valence-corrected chi connectivity index (χ3v) is 0.399. The van der Waals surface area contributed by atoms with E-state index < -0.39 is 0 Å². The van der Waals surface area contributed by atoms with Crippen LogP contribution in [0.5, 0.6) is 0 Å². The molecule has 0 rings (SSSR count). The quantitative estimate of drug-likeness (QED) is 0.505. The van der Waals surface area contributed by atoms with Gasteiger partial charge in [0.2, 0.25) is 0 Å². The highest BCUT2D eigenvalue weighted by Crippen LogP contribution is 1.87. The SMILES string of the molecule is CC(F)=CCN. The Morgan fingerprint density at radius 2 is 2.50 bits per heavy atom. The molecule has 0 spiro atoms. The Labute approximate surface area is 36.6 Å². The molecule has 0 saturated carbocycles. The lowest BCUT2D eigenvalue weighted by molar-refractivity contribution is 0.636. The van der Waals surface area contributed by atoms with E-state index in [4.69, 9.17) is 5.73 Å². The van der Waals surface area contributed by atoms with Gasteiger partial charge in [0.05, 0.1) is 5.83 Å². The molecule has 0 aromatic carbocycles. The average Bonchev–Trinajstić information content (AvgIpc) is 1.35. The summed E-state index contributed by atoms with van der Waals surface area (Å²) in [5.74, 6) is -0.211. The number of hydrogen-bond acceptors (Lipinski definition) is 1. The smallest absolute Gasteiger partial charge is 0.0941 e. The lowest BCUT2D eigenvalue weighted by atomic mass is 10.5. The van der Waals surface area contributed by atoms with Crippen molar-refractivity contribution in [1.82, 2.24) is 0 Å². The van der Waals surface area contributed by atoms with Gasteiger partial charge in [0, 0.05) is 6.54 Å². The predicted molar refractivity (Wildman–Crippen MR) is 23.9 cm³/mol. The van der Waals surface area contributed by atoms with Crippen LogP contribution in [-0.2, 0) is 0 Å². The fourth-order valence-electron chi connectivity index (χ4n) is 0.162. The first-order chi connectivity index (χ1) is 2.77. The van der Waals surface area contributed by atoms with Crippen molar-refractivity contribution in [2.75, 3.05) is 6.54 Å². The predicted octanol–water partition coefficient (Wildman–Crippen LogP) is 0.818. The van der Waals surface area contributed by atoms with Crippen LogP contribution in [0.15, 0.2) is 11.9 Å². The molecule has 0 amide bonds. The van der Waals surface area contributed by atoms with Crippen molar-refractivity contribution >= 4 is 0 Å². The normalized spacial score (nSPS) is 12.2. The van der Waals surface area contributed by atoms with Gasteiger partial charge in [-0.25, -0.2) is 4.39 Å². The van der Waals surface area contributed by atoms with E-state index in [1.807, 2.05) is 0 Å². The van der Waals surface area contributed by atoms with Gasteiger partial charge in [-0.05, 0) is 13.0 Å². The first-order valence-corrected chi connectivity index (χ1v) is 1.79. The first kappa shape index (κ1) is 5.63. The Kier molecular flexibility index (Phi) is 2.67. The van der Waals surface area contributed by atoms with Crippen molar-refractivity contribution < 1.29 is 4.39 Å². The summed E-state index contributed by atoms with van der Waals surface area (Å²) in [6, 6.07) is 0. The van der Waals surface area contributed by atoms with Gasteiger partial charge in [-0.3, -0.25) is 0 Å². The van der Waals surface area contributed by atoms with Crippen LogP contribution >= 0.6 is 0 Å². The first-order valence-electron chi connectivity index (χ1n) is 1.79. The average molecular weight is 89.1 g/mol. The molecule has 2 heteroatoms. The van der Waals surface area contributed by atoms with Crippen molar-refractivity contribution in [3.05, 3.63) is 11.9 Å². The molecule has 2 N–H and O–H groups in total. The summed E-state index contributed by atoms with van der Waals surface area (Å²) in [5.41, 5.74) is 4.91. The summed E-state index contributed by atoms with van der Waals surface area (Å²) < 4.78 is 11.5. The molecule has 0 saturated heterocycles. The van der Waals surface area contributed by atoms with E-state index in [0.29, 0.717) is 6.54 Å². The Bertz CT molecular complexity index is 54.6. The van der Waals surface area contributed by atoms with E-state index in [9.17, 15) is 4.39 Å². The molecular weight excluding hydrogens is 81.0 g/mol. The fraction of sp³-hybridized carbons (Fsp3) is 0.500. The summed E-state index contributed by atoms with van der Waals surface area (Å²) in [6.07, 6.45) is 1.32. The molecule has 0 aliphatic carbocycles. The number of halogens is 1. The topological polar surface area (TPSA) is 26.0 Å². The second-order valence-electron chi connectivity index (χ2n) is 1.03. The molecule has 0 unspecified atom stereocenters. The number of allylic oxidation sites excluding steroid dienone is 1. The zero-order chi connectivity index (χ0) is 4.99. The van der Waals surface area contributed by atoms with Crippen molar-refractivity contribution in [2.24, 2.45) is 5.73 Å². The van der Waals surface area contributed by atoms with Gasteiger partial charge in [0.1, 0.15) is 0 Å². The minimum Gasteiger partial charge on any atom is -0.327 e. The maximum atomic E-state index is 11.5. The molecule has 0 heterocycles. The molecule has 0 aliphatic heterocycles. The van der Waals surface area contributed by atoms with E-state index in [-0.39, 0.29) is 5.83 Å². The molecule has 36 valence electrons. The Morgan fingerprint density at radius 1 is 2.00 bits per heavy atom. The van der Waals surface area contributed by atoms with Gasteiger partial charge in [0.25, 0.3) is 0 Å². The van der Waals surface area contributed by atoms with Crippen molar-refractivity contribution in [1.29, 1.82) is 0 Å². The van der Waals surface area contributed by atoms with Gasteiger partial charge < -0.3 is 5.73 Å². The van der Waals surface area contributed by atoms with Crippen LogP contribution < -0.4 is 5.73 Å². The molecule has 0 atom stereocenters. The van der Waals surface area contributed by atoms with Crippen LogP contribution in [0.1, 0.15) is 6.92 Å². The Hall–Kier alpha value is -0.370. The van der Waals surface area contributed by atoms with Gasteiger partial charge in [-0.15, -0.1) is 0 Å². The minimum absolute atomic E-state index is 0.211. The van der Waals surface area contributed by atoms with Crippen molar-refractivity contribution in [3.63, 3.8) is 0 Å². The summed E-state index contributed by atoms with van der Waals surface area (Å²) >= 11 is 0. The standard InChI is InChI=1S/C4H8FN/c1-4(5)2-3-6/h2H,3,6H2,1H3. The van der Waals surface area contributed by atoms with Crippen LogP contribution in [-0.4, -0.2) is 6.54 Å². The molecular formula is C4H8FN.